The molecule has 26 heavy (non-hydrogen) atoms. The first-order valence-electron chi connectivity index (χ1n) is 8.38. The van der Waals surface area contributed by atoms with Crippen LogP contribution in [0.3, 0.4) is 0 Å². The van der Waals surface area contributed by atoms with Gasteiger partial charge in [0.15, 0.2) is 22.0 Å². The summed E-state index contributed by atoms with van der Waals surface area (Å²) in [5.41, 5.74) is 1.03. The third-order valence-corrected chi connectivity index (χ3v) is 6.18. The Bertz CT molecular complexity index is 920. The number of ether oxygens (including phenoxy) is 1. The molecule has 1 aliphatic heterocycles. The number of sulfone groups is 1. The Balaban J connectivity index is 1.55. The maximum absolute atomic E-state index is 12.3. The van der Waals surface area contributed by atoms with Gasteiger partial charge in [0.25, 0.3) is 5.91 Å². The van der Waals surface area contributed by atoms with Crippen LogP contribution in [-0.4, -0.2) is 61.1 Å². The fraction of sp³-hybridized carbons (Fsp3) is 0.471. The van der Waals surface area contributed by atoms with E-state index in [-0.39, 0.29) is 24.0 Å². The van der Waals surface area contributed by atoms with Crippen molar-refractivity contribution in [1.29, 1.82) is 0 Å². The minimum atomic E-state index is -3.09. The molecule has 1 saturated heterocycles. The summed E-state index contributed by atoms with van der Waals surface area (Å²) in [7, 11) is -3.09. The van der Waals surface area contributed by atoms with E-state index >= 15 is 0 Å². The molecule has 0 bridgehead atoms. The van der Waals surface area contributed by atoms with Crippen molar-refractivity contribution in [2.24, 2.45) is 0 Å². The average Bonchev–Trinajstić information content (AvgIpc) is 3.17. The number of hydrogen-bond donors (Lipinski definition) is 0. The predicted octanol–water partition coefficient (Wildman–Crippen LogP) is 0.949. The topological polar surface area (TPSA) is 107 Å². The summed E-state index contributed by atoms with van der Waals surface area (Å²) in [6.07, 6.45) is 0.314. The number of likely N-dealkylation sites (N-methyl/N-ethyl adjacent to an activating group) is 1. The van der Waals surface area contributed by atoms with Gasteiger partial charge in [0, 0.05) is 18.0 Å². The monoisotopic (exact) mass is 380 g/mol. The second-order valence-corrected chi connectivity index (χ2v) is 8.43. The van der Waals surface area contributed by atoms with Crippen LogP contribution in [0.1, 0.15) is 19.0 Å². The molecular formula is C17H20N2O6S. The van der Waals surface area contributed by atoms with Gasteiger partial charge in [-0.3, -0.25) is 9.59 Å². The Morgan fingerprint density at radius 3 is 2.81 bits per heavy atom. The number of amides is 1. The first-order chi connectivity index (χ1) is 12.4. The smallest absolute Gasteiger partial charge is 0.312 e. The lowest BCUT2D eigenvalue weighted by atomic mass is 10.2. The Hall–Kier alpha value is -2.42. The van der Waals surface area contributed by atoms with Crippen molar-refractivity contribution in [3.63, 3.8) is 0 Å². The molecular weight excluding hydrogens is 360 g/mol. The summed E-state index contributed by atoms with van der Waals surface area (Å²) in [6.45, 7) is 1.72. The highest BCUT2D eigenvalue weighted by Crippen LogP contribution is 2.19. The van der Waals surface area contributed by atoms with E-state index in [1.807, 2.05) is 6.07 Å². The lowest BCUT2D eigenvalue weighted by molar-refractivity contribution is -0.152. The van der Waals surface area contributed by atoms with Crippen molar-refractivity contribution < 1.29 is 27.3 Å². The number of carbonyl (C=O) groups excluding carboxylic acids is 2. The highest BCUT2D eigenvalue weighted by Gasteiger charge is 2.34. The molecule has 0 spiro atoms. The molecule has 1 amide bonds. The Kier molecular flexibility index (Phi) is 5.26. The van der Waals surface area contributed by atoms with Crippen LogP contribution in [0.2, 0.25) is 0 Å². The largest absolute Gasteiger partial charge is 0.455 e. The predicted molar refractivity (Wildman–Crippen MR) is 93.1 cm³/mol. The first kappa shape index (κ1) is 18.4. The molecule has 1 atom stereocenters. The molecule has 1 aromatic carbocycles. The van der Waals surface area contributed by atoms with Crippen LogP contribution in [0, 0.1) is 0 Å². The molecule has 1 aliphatic rings. The van der Waals surface area contributed by atoms with E-state index < -0.39 is 28.3 Å². The molecule has 140 valence electrons. The average molecular weight is 380 g/mol. The maximum atomic E-state index is 12.3. The molecule has 0 unspecified atom stereocenters. The van der Waals surface area contributed by atoms with Gasteiger partial charge in [-0.2, -0.15) is 0 Å². The van der Waals surface area contributed by atoms with Gasteiger partial charge in [0.1, 0.15) is 5.69 Å². The summed E-state index contributed by atoms with van der Waals surface area (Å²) in [5.74, 6) is -0.938. The number of benzene rings is 1. The van der Waals surface area contributed by atoms with Crippen molar-refractivity contribution in [3.8, 4) is 0 Å². The lowest BCUT2D eigenvalue weighted by Crippen LogP contribution is -2.43. The summed E-state index contributed by atoms with van der Waals surface area (Å²) in [5, 5.41) is 4.58. The Morgan fingerprint density at radius 2 is 2.12 bits per heavy atom. The summed E-state index contributed by atoms with van der Waals surface area (Å²) in [4.78, 5) is 25.8. The standard InChI is InChI=1S/C17H20N2O6S/c1-2-19(12-7-8-26(22,23)11-12)16(20)10-24-17(21)9-14-13-5-3-4-6-15(13)25-18-14/h3-6,12H,2,7-11H2,1H3/t12-/m1/s1. The zero-order valence-corrected chi connectivity index (χ0v) is 15.2. The van der Waals surface area contributed by atoms with Crippen molar-refractivity contribution >= 4 is 32.7 Å². The number of para-hydroxylation sites is 1. The van der Waals surface area contributed by atoms with Gasteiger partial charge in [0.05, 0.1) is 17.9 Å². The van der Waals surface area contributed by atoms with Gasteiger partial charge in [0.2, 0.25) is 0 Å². The van der Waals surface area contributed by atoms with E-state index in [2.05, 4.69) is 5.16 Å². The van der Waals surface area contributed by atoms with E-state index in [0.29, 0.717) is 24.2 Å². The van der Waals surface area contributed by atoms with Crippen LogP contribution in [0.4, 0.5) is 0 Å². The van der Waals surface area contributed by atoms with Crippen LogP contribution in [0.5, 0.6) is 0 Å². The van der Waals surface area contributed by atoms with Gasteiger partial charge in [-0.15, -0.1) is 0 Å². The molecule has 0 saturated carbocycles. The molecule has 2 heterocycles. The van der Waals surface area contributed by atoms with E-state index in [1.54, 1.807) is 25.1 Å². The third-order valence-electron chi connectivity index (χ3n) is 4.43. The van der Waals surface area contributed by atoms with Gasteiger partial charge in [-0.1, -0.05) is 17.3 Å². The zero-order chi connectivity index (χ0) is 18.7. The molecule has 1 fully saturated rings. The fourth-order valence-electron chi connectivity index (χ4n) is 3.14. The minimum Gasteiger partial charge on any atom is -0.455 e. The number of aromatic nitrogens is 1. The highest BCUT2D eigenvalue weighted by atomic mass is 32.2. The zero-order valence-electron chi connectivity index (χ0n) is 14.4. The SMILES string of the molecule is CCN(C(=O)COC(=O)Cc1noc2ccccc12)[C@@H]1CCS(=O)(=O)C1. The summed E-state index contributed by atoms with van der Waals surface area (Å²) in [6, 6.07) is 6.80. The number of esters is 1. The molecule has 1 aromatic heterocycles. The van der Waals surface area contributed by atoms with Gasteiger partial charge in [-0.05, 0) is 25.5 Å². The first-order valence-corrected chi connectivity index (χ1v) is 10.2. The van der Waals surface area contributed by atoms with E-state index in [9.17, 15) is 18.0 Å². The van der Waals surface area contributed by atoms with Crippen molar-refractivity contribution in [3.05, 3.63) is 30.0 Å². The van der Waals surface area contributed by atoms with Crippen LogP contribution >= 0.6 is 0 Å². The summed E-state index contributed by atoms with van der Waals surface area (Å²) >= 11 is 0. The number of nitrogens with zero attached hydrogens (tertiary/aromatic N) is 2. The van der Waals surface area contributed by atoms with Gasteiger partial charge in [-0.25, -0.2) is 8.42 Å². The van der Waals surface area contributed by atoms with Crippen LogP contribution in [-0.2, 0) is 30.6 Å². The number of hydrogen-bond acceptors (Lipinski definition) is 7. The van der Waals surface area contributed by atoms with Crippen LogP contribution in [0.25, 0.3) is 11.0 Å². The molecule has 2 aromatic rings. The normalized spacial score (nSPS) is 18.7. The molecule has 0 aliphatic carbocycles. The quantitative estimate of drug-likeness (QED) is 0.687. The van der Waals surface area contributed by atoms with Crippen molar-refractivity contribution in [1.82, 2.24) is 10.1 Å². The Labute approximate surface area is 151 Å². The second-order valence-electron chi connectivity index (χ2n) is 6.20. The molecule has 8 nitrogen and oxygen atoms in total. The van der Waals surface area contributed by atoms with Gasteiger partial charge < -0.3 is 14.2 Å². The third kappa shape index (κ3) is 4.04. The van der Waals surface area contributed by atoms with E-state index in [1.165, 1.54) is 4.90 Å². The molecule has 0 radical (unpaired) electrons. The van der Waals surface area contributed by atoms with Crippen LogP contribution < -0.4 is 0 Å². The van der Waals surface area contributed by atoms with Gasteiger partial charge >= 0.3 is 5.97 Å². The Morgan fingerprint density at radius 1 is 1.35 bits per heavy atom. The van der Waals surface area contributed by atoms with E-state index in [4.69, 9.17) is 9.26 Å². The molecule has 0 N–H and O–H groups in total. The number of fused-ring (bicyclic) bond motifs is 1. The van der Waals surface area contributed by atoms with Crippen LogP contribution in [0.15, 0.2) is 28.8 Å². The van der Waals surface area contributed by atoms with E-state index in [0.717, 1.165) is 5.39 Å². The van der Waals surface area contributed by atoms with Crippen molar-refractivity contribution in [2.45, 2.75) is 25.8 Å². The lowest BCUT2D eigenvalue weighted by Gasteiger charge is -2.26. The minimum absolute atomic E-state index is 0.0363. The summed E-state index contributed by atoms with van der Waals surface area (Å²) < 4.78 is 33.4. The second kappa shape index (κ2) is 7.45. The molecule has 3 rings (SSSR count). The fourth-order valence-corrected chi connectivity index (χ4v) is 4.87. The maximum Gasteiger partial charge on any atom is 0.312 e. The van der Waals surface area contributed by atoms with Crippen molar-refractivity contribution in [2.75, 3.05) is 24.7 Å². The number of rotatable bonds is 6. The highest BCUT2D eigenvalue weighted by molar-refractivity contribution is 7.91. The number of carbonyl (C=O) groups is 2. The molecule has 9 heteroatoms.